The number of nitrogens with zero attached hydrogens (tertiary/aromatic N) is 2. The first kappa shape index (κ1) is 26.0. The SMILES string of the molecule is CCS(=O)(=O)c1ccc(Cn2cc(C(N)=O)c3ccnc(OCC4CCC(C(F)(F)F)CC4)c32)cc1. The number of carbonyl (C=O) groups is 1. The lowest BCUT2D eigenvalue weighted by Gasteiger charge is -2.29. The second kappa shape index (κ2) is 10.1. The number of nitrogens with two attached hydrogens (primary N) is 1. The summed E-state index contributed by atoms with van der Waals surface area (Å²) in [5.41, 5.74) is 7.20. The quantitative estimate of drug-likeness (QED) is 0.460. The first-order valence-corrected chi connectivity index (χ1v) is 13.4. The molecule has 0 unspecified atom stereocenters. The number of rotatable bonds is 8. The Bertz CT molecular complexity index is 1340. The van der Waals surface area contributed by atoms with Gasteiger partial charge in [0, 0.05) is 24.3 Å². The van der Waals surface area contributed by atoms with Crippen LogP contribution >= 0.6 is 0 Å². The molecule has 0 radical (unpaired) electrons. The topological polar surface area (TPSA) is 104 Å². The third-order valence-electron chi connectivity index (χ3n) is 6.80. The Kier molecular flexibility index (Phi) is 7.31. The van der Waals surface area contributed by atoms with E-state index in [-0.39, 0.29) is 47.5 Å². The van der Waals surface area contributed by atoms with Gasteiger partial charge in [0.1, 0.15) is 5.52 Å². The zero-order chi connectivity index (χ0) is 26.1. The number of alkyl halides is 3. The molecular formula is C25H28F3N3O4S. The number of carbonyl (C=O) groups excluding carboxylic acids is 1. The van der Waals surface area contributed by atoms with Gasteiger partial charge in [-0.3, -0.25) is 4.79 Å². The van der Waals surface area contributed by atoms with Crippen LogP contribution in [0.1, 0.15) is 48.5 Å². The molecule has 11 heteroatoms. The minimum Gasteiger partial charge on any atom is -0.476 e. The van der Waals surface area contributed by atoms with Crippen molar-refractivity contribution in [2.45, 2.75) is 50.2 Å². The summed E-state index contributed by atoms with van der Waals surface area (Å²) in [4.78, 5) is 16.6. The predicted molar refractivity (Wildman–Crippen MR) is 129 cm³/mol. The van der Waals surface area contributed by atoms with Crippen LogP contribution in [0.25, 0.3) is 10.9 Å². The van der Waals surface area contributed by atoms with Gasteiger partial charge in [-0.2, -0.15) is 13.2 Å². The van der Waals surface area contributed by atoms with Gasteiger partial charge < -0.3 is 15.0 Å². The van der Waals surface area contributed by atoms with Gasteiger partial charge >= 0.3 is 6.18 Å². The number of aromatic nitrogens is 2. The highest BCUT2D eigenvalue weighted by Gasteiger charge is 2.41. The van der Waals surface area contributed by atoms with E-state index in [2.05, 4.69) is 4.98 Å². The average Bonchev–Trinajstić information content (AvgIpc) is 3.22. The largest absolute Gasteiger partial charge is 0.476 e. The molecule has 1 aliphatic carbocycles. The van der Waals surface area contributed by atoms with Crippen molar-refractivity contribution in [2.24, 2.45) is 17.6 Å². The van der Waals surface area contributed by atoms with Gasteiger partial charge in [0.2, 0.25) is 5.88 Å². The number of sulfone groups is 1. The molecule has 0 saturated heterocycles. The minimum atomic E-state index is -4.16. The fraction of sp³-hybridized carbons (Fsp3) is 0.440. The Hall–Kier alpha value is -3.08. The second-order valence-electron chi connectivity index (χ2n) is 9.16. The molecule has 1 aromatic carbocycles. The van der Waals surface area contributed by atoms with Gasteiger partial charge in [-0.25, -0.2) is 13.4 Å². The smallest absolute Gasteiger partial charge is 0.391 e. The maximum absolute atomic E-state index is 13.0. The lowest BCUT2D eigenvalue weighted by atomic mass is 9.82. The number of halogens is 3. The van der Waals surface area contributed by atoms with E-state index in [9.17, 15) is 26.4 Å². The number of hydrogen-bond donors (Lipinski definition) is 1. The summed E-state index contributed by atoms with van der Waals surface area (Å²) in [6, 6.07) is 8.15. The Morgan fingerprint density at radius 1 is 1.14 bits per heavy atom. The van der Waals surface area contributed by atoms with E-state index in [1.807, 2.05) is 0 Å². The van der Waals surface area contributed by atoms with Gasteiger partial charge in [-0.1, -0.05) is 19.1 Å². The van der Waals surface area contributed by atoms with Crippen LogP contribution in [-0.4, -0.2) is 42.4 Å². The number of fused-ring (bicyclic) bond motifs is 1. The van der Waals surface area contributed by atoms with Crippen LogP contribution in [0.2, 0.25) is 0 Å². The molecule has 3 aromatic rings. The lowest BCUT2D eigenvalue weighted by molar-refractivity contribution is -0.184. The van der Waals surface area contributed by atoms with Gasteiger partial charge in [-0.05, 0) is 55.4 Å². The molecule has 7 nitrogen and oxygen atoms in total. The van der Waals surface area contributed by atoms with Crippen molar-refractivity contribution in [3.8, 4) is 5.88 Å². The zero-order valence-electron chi connectivity index (χ0n) is 19.8. The summed E-state index contributed by atoms with van der Waals surface area (Å²) in [7, 11) is -3.33. The number of ether oxygens (including phenoxy) is 1. The molecule has 1 aliphatic rings. The number of hydrogen-bond acceptors (Lipinski definition) is 5. The van der Waals surface area contributed by atoms with E-state index in [4.69, 9.17) is 10.5 Å². The van der Waals surface area contributed by atoms with Crippen LogP contribution in [-0.2, 0) is 16.4 Å². The van der Waals surface area contributed by atoms with Crippen molar-refractivity contribution >= 4 is 26.6 Å². The molecule has 1 amide bonds. The fourth-order valence-electron chi connectivity index (χ4n) is 4.67. The lowest BCUT2D eigenvalue weighted by Crippen LogP contribution is -2.29. The number of primary amides is 1. The second-order valence-corrected chi connectivity index (χ2v) is 11.4. The van der Waals surface area contributed by atoms with E-state index in [0.29, 0.717) is 30.3 Å². The summed E-state index contributed by atoms with van der Waals surface area (Å²) >= 11 is 0. The number of pyridine rings is 1. The van der Waals surface area contributed by atoms with Crippen LogP contribution < -0.4 is 10.5 Å². The molecule has 0 spiro atoms. The van der Waals surface area contributed by atoms with Gasteiger partial charge in [0.15, 0.2) is 9.84 Å². The number of amides is 1. The van der Waals surface area contributed by atoms with Gasteiger partial charge in [-0.15, -0.1) is 0 Å². The summed E-state index contributed by atoms with van der Waals surface area (Å²) in [6.07, 6.45) is -0.0558. The van der Waals surface area contributed by atoms with Crippen molar-refractivity contribution in [3.05, 3.63) is 53.9 Å². The van der Waals surface area contributed by atoms with E-state index in [1.165, 1.54) is 6.20 Å². The molecular weight excluding hydrogens is 495 g/mol. The Labute approximate surface area is 207 Å². The van der Waals surface area contributed by atoms with E-state index in [0.717, 1.165) is 5.56 Å². The summed E-state index contributed by atoms with van der Waals surface area (Å²) in [5.74, 6) is -1.63. The van der Waals surface area contributed by atoms with E-state index >= 15 is 0 Å². The van der Waals surface area contributed by atoms with Crippen molar-refractivity contribution in [2.75, 3.05) is 12.4 Å². The highest BCUT2D eigenvalue weighted by Crippen LogP contribution is 2.40. The summed E-state index contributed by atoms with van der Waals surface area (Å²) in [5, 5.41) is 0.554. The van der Waals surface area contributed by atoms with Crippen LogP contribution in [0.3, 0.4) is 0 Å². The molecule has 4 rings (SSSR count). The summed E-state index contributed by atoms with van der Waals surface area (Å²) in [6.45, 7) is 2.10. The molecule has 2 aromatic heterocycles. The zero-order valence-corrected chi connectivity index (χ0v) is 20.6. The maximum atomic E-state index is 13.0. The summed E-state index contributed by atoms with van der Waals surface area (Å²) < 4.78 is 70.9. The third kappa shape index (κ3) is 5.50. The minimum absolute atomic E-state index is 0.000774. The first-order chi connectivity index (χ1) is 17.0. The van der Waals surface area contributed by atoms with Crippen molar-refractivity contribution in [1.82, 2.24) is 9.55 Å². The van der Waals surface area contributed by atoms with Crippen LogP contribution in [0.15, 0.2) is 47.6 Å². The predicted octanol–water partition coefficient (Wildman–Crippen LogP) is 4.72. The van der Waals surface area contributed by atoms with Crippen molar-refractivity contribution in [1.29, 1.82) is 0 Å². The molecule has 1 saturated carbocycles. The molecule has 0 bridgehead atoms. The maximum Gasteiger partial charge on any atom is 0.391 e. The van der Waals surface area contributed by atoms with E-state index < -0.39 is 27.8 Å². The van der Waals surface area contributed by atoms with Gasteiger partial charge in [0.25, 0.3) is 5.91 Å². The first-order valence-electron chi connectivity index (χ1n) is 11.8. The van der Waals surface area contributed by atoms with Crippen LogP contribution in [0.5, 0.6) is 5.88 Å². The Morgan fingerprint density at radius 2 is 1.81 bits per heavy atom. The fourth-order valence-corrected chi connectivity index (χ4v) is 5.55. The van der Waals surface area contributed by atoms with Crippen LogP contribution in [0, 0.1) is 11.8 Å². The third-order valence-corrected chi connectivity index (χ3v) is 8.55. The molecule has 194 valence electrons. The van der Waals surface area contributed by atoms with Crippen molar-refractivity contribution in [3.63, 3.8) is 0 Å². The standard InChI is InChI=1S/C25H28F3N3O4S/c1-2-36(33,34)19-9-5-16(6-10-19)13-31-14-21(23(29)32)20-11-12-30-24(22(20)31)35-15-17-3-7-18(8-4-17)25(26,27)28/h5-6,9-12,14,17-18H,2-4,7-8,13,15H2,1H3,(H2,29,32). The monoisotopic (exact) mass is 523 g/mol. The van der Waals surface area contributed by atoms with Crippen LogP contribution in [0.4, 0.5) is 13.2 Å². The normalized spacial score (nSPS) is 18.9. The Balaban J connectivity index is 1.57. The Morgan fingerprint density at radius 3 is 2.39 bits per heavy atom. The molecule has 1 fully saturated rings. The van der Waals surface area contributed by atoms with Gasteiger partial charge in [0.05, 0.1) is 28.7 Å². The molecule has 0 atom stereocenters. The molecule has 2 heterocycles. The highest BCUT2D eigenvalue weighted by molar-refractivity contribution is 7.91. The molecule has 2 N–H and O–H groups in total. The van der Waals surface area contributed by atoms with Crippen molar-refractivity contribution < 1.29 is 31.1 Å². The van der Waals surface area contributed by atoms with E-state index in [1.54, 1.807) is 48.0 Å². The molecule has 36 heavy (non-hydrogen) atoms. The number of benzene rings is 1. The highest BCUT2D eigenvalue weighted by atomic mass is 32.2. The molecule has 0 aliphatic heterocycles. The average molecular weight is 524 g/mol.